The highest BCUT2D eigenvalue weighted by molar-refractivity contribution is 5.84. The highest BCUT2D eigenvalue weighted by Gasteiger charge is 2.31. The Morgan fingerprint density at radius 1 is 1.27 bits per heavy atom. The summed E-state index contributed by atoms with van der Waals surface area (Å²) in [5.41, 5.74) is -0.788. The minimum atomic E-state index is -0.885. The van der Waals surface area contributed by atoms with Gasteiger partial charge in [-0.05, 0) is 25.2 Å². The third-order valence-corrected chi connectivity index (χ3v) is 3.14. The van der Waals surface area contributed by atoms with Crippen LogP contribution in [0.1, 0.15) is 47.5 Å². The van der Waals surface area contributed by atoms with Gasteiger partial charge in [-0.1, -0.05) is 27.7 Å². The molecule has 3 nitrogen and oxygen atoms in total. The first-order chi connectivity index (χ1) is 6.81. The molecule has 0 heterocycles. The Kier molecular flexibility index (Phi) is 4.80. The van der Waals surface area contributed by atoms with Crippen molar-refractivity contribution in [3.05, 3.63) is 0 Å². The zero-order valence-corrected chi connectivity index (χ0v) is 10.5. The summed E-state index contributed by atoms with van der Waals surface area (Å²) in [6.07, 6.45) is 1.55. The summed E-state index contributed by atoms with van der Waals surface area (Å²) in [6.45, 7) is 10.5. The van der Waals surface area contributed by atoms with Crippen molar-refractivity contribution >= 4 is 5.91 Å². The molecule has 0 aromatic carbocycles. The molecular weight excluding hydrogens is 188 g/mol. The lowest BCUT2D eigenvalue weighted by atomic mass is 9.86. The monoisotopic (exact) mass is 210 g/mol. The van der Waals surface area contributed by atoms with Crippen LogP contribution in [0.5, 0.6) is 0 Å². The van der Waals surface area contributed by atoms with E-state index in [1.165, 1.54) is 0 Å². The first kappa shape index (κ1) is 14.0. The van der Waals surface area contributed by atoms with Crippen molar-refractivity contribution in [3.63, 3.8) is 0 Å². The first-order valence-corrected chi connectivity index (χ1v) is 5.51. The molecule has 0 fully saturated rings. The Balaban J connectivity index is 4.34. The SMILES string of the molecule is CCC(C)(C)CNC(=O)C(C)(C#N)CC. The fraction of sp³-hybridized carbons (Fsp3) is 0.833. The van der Waals surface area contributed by atoms with E-state index in [4.69, 9.17) is 5.26 Å². The Morgan fingerprint density at radius 2 is 1.80 bits per heavy atom. The van der Waals surface area contributed by atoms with Gasteiger partial charge in [-0.15, -0.1) is 0 Å². The van der Waals surface area contributed by atoms with Crippen molar-refractivity contribution in [2.45, 2.75) is 47.5 Å². The average Bonchev–Trinajstić information content (AvgIpc) is 2.24. The average molecular weight is 210 g/mol. The normalized spacial score (nSPS) is 15.2. The van der Waals surface area contributed by atoms with E-state index in [1.807, 2.05) is 6.92 Å². The number of hydrogen-bond donors (Lipinski definition) is 1. The number of nitrogens with zero attached hydrogens (tertiary/aromatic N) is 1. The molecule has 0 spiro atoms. The van der Waals surface area contributed by atoms with E-state index in [0.29, 0.717) is 13.0 Å². The molecule has 1 amide bonds. The fourth-order valence-electron chi connectivity index (χ4n) is 0.930. The van der Waals surface area contributed by atoms with E-state index >= 15 is 0 Å². The Bertz CT molecular complexity index is 265. The number of nitriles is 1. The van der Waals surface area contributed by atoms with Crippen LogP contribution in [0.2, 0.25) is 0 Å². The van der Waals surface area contributed by atoms with Crippen LogP contribution >= 0.6 is 0 Å². The van der Waals surface area contributed by atoms with Gasteiger partial charge in [0.05, 0.1) is 6.07 Å². The molecule has 0 saturated heterocycles. The maximum Gasteiger partial charge on any atom is 0.240 e. The van der Waals surface area contributed by atoms with E-state index < -0.39 is 5.41 Å². The van der Waals surface area contributed by atoms with Gasteiger partial charge in [0.25, 0.3) is 0 Å². The molecule has 15 heavy (non-hydrogen) atoms. The molecular formula is C12H22N2O. The van der Waals surface area contributed by atoms with Gasteiger partial charge in [-0.25, -0.2) is 0 Å². The Hall–Kier alpha value is -1.04. The third kappa shape index (κ3) is 3.91. The molecule has 86 valence electrons. The van der Waals surface area contributed by atoms with E-state index in [0.717, 1.165) is 6.42 Å². The second-order valence-corrected chi connectivity index (χ2v) is 5.00. The summed E-state index contributed by atoms with van der Waals surface area (Å²) in [7, 11) is 0. The maximum atomic E-state index is 11.8. The predicted molar refractivity (Wildman–Crippen MR) is 61.1 cm³/mol. The number of amides is 1. The minimum Gasteiger partial charge on any atom is -0.354 e. The van der Waals surface area contributed by atoms with Crippen LogP contribution < -0.4 is 5.32 Å². The quantitative estimate of drug-likeness (QED) is 0.758. The van der Waals surface area contributed by atoms with Gasteiger partial charge < -0.3 is 5.32 Å². The van der Waals surface area contributed by atoms with Gasteiger partial charge in [-0.2, -0.15) is 5.26 Å². The summed E-state index contributed by atoms with van der Waals surface area (Å²) < 4.78 is 0. The molecule has 3 heteroatoms. The van der Waals surface area contributed by atoms with Crippen molar-refractivity contribution in [2.24, 2.45) is 10.8 Å². The number of hydrogen-bond acceptors (Lipinski definition) is 2. The molecule has 0 saturated carbocycles. The molecule has 0 aliphatic carbocycles. The van der Waals surface area contributed by atoms with Gasteiger partial charge in [0.15, 0.2) is 0 Å². The Morgan fingerprint density at radius 3 is 2.13 bits per heavy atom. The summed E-state index contributed by atoms with van der Waals surface area (Å²) in [6, 6.07) is 2.07. The Labute approximate surface area is 92.9 Å². The van der Waals surface area contributed by atoms with E-state index in [-0.39, 0.29) is 11.3 Å². The number of carbonyl (C=O) groups is 1. The summed E-state index contributed by atoms with van der Waals surface area (Å²) >= 11 is 0. The van der Waals surface area contributed by atoms with Crippen molar-refractivity contribution in [1.82, 2.24) is 5.32 Å². The van der Waals surface area contributed by atoms with Crippen LogP contribution in [-0.2, 0) is 4.79 Å². The zero-order chi connectivity index (χ0) is 12.1. The van der Waals surface area contributed by atoms with Crippen LogP contribution in [0.15, 0.2) is 0 Å². The highest BCUT2D eigenvalue weighted by atomic mass is 16.2. The lowest BCUT2D eigenvalue weighted by Gasteiger charge is -2.26. The summed E-state index contributed by atoms with van der Waals surface area (Å²) in [5, 5.41) is 11.8. The lowest BCUT2D eigenvalue weighted by molar-refractivity contribution is -0.128. The minimum absolute atomic E-state index is 0.0970. The molecule has 1 atom stereocenters. The molecule has 0 aromatic rings. The molecule has 0 aliphatic rings. The van der Waals surface area contributed by atoms with E-state index in [1.54, 1.807) is 6.92 Å². The van der Waals surface area contributed by atoms with E-state index in [2.05, 4.69) is 32.2 Å². The van der Waals surface area contributed by atoms with Gasteiger partial charge in [0.1, 0.15) is 5.41 Å². The molecule has 0 aliphatic heterocycles. The van der Waals surface area contributed by atoms with Gasteiger partial charge in [0.2, 0.25) is 5.91 Å². The van der Waals surface area contributed by atoms with Crippen LogP contribution in [0.4, 0.5) is 0 Å². The maximum absolute atomic E-state index is 11.8. The largest absolute Gasteiger partial charge is 0.354 e. The molecule has 0 bridgehead atoms. The van der Waals surface area contributed by atoms with Crippen LogP contribution in [0.25, 0.3) is 0 Å². The number of rotatable bonds is 5. The van der Waals surface area contributed by atoms with Gasteiger partial charge in [0, 0.05) is 6.54 Å². The summed E-state index contributed by atoms with van der Waals surface area (Å²) in [5.74, 6) is -0.158. The number of nitrogens with one attached hydrogen (secondary N) is 1. The zero-order valence-electron chi connectivity index (χ0n) is 10.5. The summed E-state index contributed by atoms with van der Waals surface area (Å²) in [4.78, 5) is 11.8. The highest BCUT2D eigenvalue weighted by Crippen LogP contribution is 2.22. The molecule has 1 unspecified atom stereocenters. The lowest BCUT2D eigenvalue weighted by Crippen LogP contribution is -2.41. The predicted octanol–water partition coefficient (Wildman–Crippen LogP) is 2.48. The topological polar surface area (TPSA) is 52.9 Å². The van der Waals surface area contributed by atoms with Crippen molar-refractivity contribution in [1.29, 1.82) is 5.26 Å². The number of carbonyl (C=O) groups excluding carboxylic acids is 1. The fourth-order valence-corrected chi connectivity index (χ4v) is 0.930. The second kappa shape index (κ2) is 5.16. The second-order valence-electron chi connectivity index (χ2n) is 5.00. The molecule has 1 N–H and O–H groups in total. The van der Waals surface area contributed by atoms with Crippen molar-refractivity contribution in [3.8, 4) is 6.07 Å². The third-order valence-electron chi connectivity index (χ3n) is 3.14. The van der Waals surface area contributed by atoms with Crippen LogP contribution in [-0.4, -0.2) is 12.5 Å². The molecule has 0 radical (unpaired) electrons. The van der Waals surface area contributed by atoms with Gasteiger partial charge in [-0.3, -0.25) is 4.79 Å². The van der Waals surface area contributed by atoms with Crippen molar-refractivity contribution in [2.75, 3.05) is 6.54 Å². The van der Waals surface area contributed by atoms with E-state index in [9.17, 15) is 4.79 Å². The molecule has 0 aromatic heterocycles. The first-order valence-electron chi connectivity index (χ1n) is 5.51. The smallest absolute Gasteiger partial charge is 0.240 e. The molecule has 0 rings (SSSR count). The van der Waals surface area contributed by atoms with Gasteiger partial charge >= 0.3 is 0 Å². The van der Waals surface area contributed by atoms with Crippen LogP contribution in [0, 0.1) is 22.2 Å². The van der Waals surface area contributed by atoms with Crippen molar-refractivity contribution < 1.29 is 4.79 Å². The van der Waals surface area contributed by atoms with Crippen LogP contribution in [0.3, 0.4) is 0 Å². The standard InChI is InChI=1S/C12H22N2O/c1-6-11(3,4)9-14-10(15)12(5,7-2)8-13/h6-7,9H2,1-5H3,(H,14,15).